The van der Waals surface area contributed by atoms with Crippen LogP contribution in [0.4, 0.5) is 10.2 Å². The third-order valence-electron chi connectivity index (χ3n) is 5.55. The maximum Gasteiger partial charge on any atom is 0.339 e. The SMILES string of the molecule is CC(=O)Nc1nc(C(=O)N[C@]2(c3ccc(C)c(F)c3)CCOc3cccnc32)ccc1C(=O)O. The number of hydrogen-bond donors (Lipinski definition) is 3. The highest BCUT2D eigenvalue weighted by Gasteiger charge is 2.43. The summed E-state index contributed by atoms with van der Waals surface area (Å²) in [6.45, 7) is 3.07. The molecule has 9 nitrogen and oxygen atoms in total. The smallest absolute Gasteiger partial charge is 0.339 e. The van der Waals surface area contributed by atoms with Crippen LogP contribution in [0.5, 0.6) is 5.75 Å². The molecule has 0 saturated heterocycles. The van der Waals surface area contributed by atoms with Gasteiger partial charge in [-0.15, -0.1) is 0 Å². The molecule has 0 saturated carbocycles. The van der Waals surface area contributed by atoms with Crippen molar-refractivity contribution in [3.8, 4) is 5.75 Å². The largest absolute Gasteiger partial charge is 0.491 e. The summed E-state index contributed by atoms with van der Waals surface area (Å²) in [5.41, 5.74) is -0.310. The Bertz CT molecular complexity index is 1310. The first kappa shape index (κ1) is 22.8. The second-order valence-electron chi connectivity index (χ2n) is 7.85. The van der Waals surface area contributed by atoms with Gasteiger partial charge in [0, 0.05) is 19.5 Å². The average molecular weight is 464 g/mol. The third kappa shape index (κ3) is 4.17. The molecule has 1 aromatic carbocycles. The quantitative estimate of drug-likeness (QED) is 0.529. The van der Waals surface area contributed by atoms with E-state index in [1.54, 1.807) is 37.4 Å². The van der Waals surface area contributed by atoms with Crippen molar-refractivity contribution in [2.45, 2.75) is 25.8 Å². The molecule has 1 atom stereocenters. The molecule has 2 aromatic heterocycles. The summed E-state index contributed by atoms with van der Waals surface area (Å²) in [5, 5.41) is 14.6. The predicted octanol–water partition coefficient (Wildman–Crippen LogP) is 3.04. The molecule has 1 aliphatic heterocycles. The Labute approximate surface area is 194 Å². The van der Waals surface area contributed by atoms with Gasteiger partial charge < -0.3 is 20.5 Å². The number of aromatic nitrogens is 2. The summed E-state index contributed by atoms with van der Waals surface area (Å²) >= 11 is 0. The normalized spacial score (nSPS) is 16.7. The number of benzene rings is 1. The Balaban J connectivity index is 1.81. The zero-order valence-electron chi connectivity index (χ0n) is 18.4. The van der Waals surface area contributed by atoms with Crippen LogP contribution < -0.4 is 15.4 Å². The van der Waals surface area contributed by atoms with E-state index in [9.17, 15) is 23.9 Å². The van der Waals surface area contributed by atoms with Gasteiger partial charge in [0.1, 0.15) is 39.9 Å². The number of aromatic carboxylic acids is 1. The predicted molar refractivity (Wildman–Crippen MR) is 119 cm³/mol. The molecular formula is C24H21FN4O5. The minimum Gasteiger partial charge on any atom is -0.491 e. The van der Waals surface area contributed by atoms with Gasteiger partial charge in [-0.2, -0.15) is 0 Å². The van der Waals surface area contributed by atoms with Crippen molar-refractivity contribution < 1.29 is 28.6 Å². The van der Waals surface area contributed by atoms with Crippen LogP contribution in [0.25, 0.3) is 0 Å². The third-order valence-corrected chi connectivity index (χ3v) is 5.55. The molecule has 10 heteroatoms. The molecule has 34 heavy (non-hydrogen) atoms. The van der Waals surface area contributed by atoms with Crippen molar-refractivity contribution in [1.29, 1.82) is 0 Å². The van der Waals surface area contributed by atoms with Gasteiger partial charge in [0.05, 0.1) is 6.61 Å². The fourth-order valence-electron chi connectivity index (χ4n) is 3.87. The monoisotopic (exact) mass is 464 g/mol. The number of anilines is 1. The Morgan fingerprint density at radius 2 is 1.97 bits per heavy atom. The first-order valence-electron chi connectivity index (χ1n) is 10.4. The number of fused-ring (bicyclic) bond motifs is 1. The number of carbonyl (C=O) groups excluding carboxylic acids is 2. The number of halogens is 1. The minimum absolute atomic E-state index is 0.135. The minimum atomic E-state index is -1.31. The second kappa shape index (κ2) is 8.89. The van der Waals surface area contributed by atoms with E-state index in [2.05, 4.69) is 20.6 Å². The molecule has 3 aromatic rings. The van der Waals surface area contributed by atoms with Crippen LogP contribution in [0.2, 0.25) is 0 Å². The lowest BCUT2D eigenvalue weighted by Gasteiger charge is -2.39. The van der Waals surface area contributed by atoms with Crippen molar-refractivity contribution in [2.75, 3.05) is 11.9 Å². The maximum absolute atomic E-state index is 14.6. The molecule has 4 rings (SSSR count). The lowest BCUT2D eigenvalue weighted by atomic mass is 9.81. The Hall–Kier alpha value is -4.34. The number of carboxylic acid groups (broad SMARTS) is 1. The number of aryl methyl sites for hydroxylation is 1. The van der Waals surface area contributed by atoms with Crippen LogP contribution in [0.15, 0.2) is 48.7 Å². The van der Waals surface area contributed by atoms with Gasteiger partial charge in [0.15, 0.2) is 0 Å². The van der Waals surface area contributed by atoms with E-state index in [-0.39, 0.29) is 30.1 Å². The fourth-order valence-corrected chi connectivity index (χ4v) is 3.87. The van der Waals surface area contributed by atoms with Crippen LogP contribution in [0.3, 0.4) is 0 Å². The highest BCUT2D eigenvalue weighted by Crippen LogP contribution is 2.41. The molecule has 2 amide bonds. The van der Waals surface area contributed by atoms with Crippen molar-refractivity contribution in [3.05, 3.63) is 82.6 Å². The van der Waals surface area contributed by atoms with Crippen LogP contribution in [-0.4, -0.2) is 39.5 Å². The average Bonchev–Trinajstić information content (AvgIpc) is 2.80. The van der Waals surface area contributed by atoms with Gasteiger partial charge in [-0.3, -0.25) is 14.6 Å². The maximum atomic E-state index is 14.6. The van der Waals surface area contributed by atoms with Crippen LogP contribution in [0.1, 0.15) is 51.0 Å². The number of amides is 2. The summed E-state index contributed by atoms with van der Waals surface area (Å²) in [6.07, 6.45) is 1.81. The van der Waals surface area contributed by atoms with E-state index in [1.165, 1.54) is 25.1 Å². The summed E-state index contributed by atoms with van der Waals surface area (Å²) in [4.78, 5) is 44.9. The lowest BCUT2D eigenvalue weighted by molar-refractivity contribution is -0.114. The van der Waals surface area contributed by atoms with E-state index >= 15 is 0 Å². The number of nitrogens with zero attached hydrogens (tertiary/aromatic N) is 2. The van der Waals surface area contributed by atoms with E-state index in [1.807, 2.05) is 0 Å². The number of rotatable bonds is 5. The molecule has 3 N–H and O–H groups in total. The number of ether oxygens (including phenoxy) is 1. The summed E-state index contributed by atoms with van der Waals surface area (Å²) in [6, 6.07) is 10.5. The topological polar surface area (TPSA) is 131 Å². The van der Waals surface area contributed by atoms with Crippen molar-refractivity contribution in [1.82, 2.24) is 15.3 Å². The van der Waals surface area contributed by atoms with Gasteiger partial charge in [-0.05, 0) is 48.4 Å². The Kier molecular flexibility index (Phi) is 5.97. The molecule has 174 valence electrons. The van der Waals surface area contributed by atoms with E-state index in [0.29, 0.717) is 22.6 Å². The number of nitrogens with one attached hydrogen (secondary N) is 2. The standard InChI is InChI=1S/C24H21FN4O5/c1-13-5-6-15(12-17(13)25)24(9-11-34-19-4-3-10-26-20(19)24)29-22(31)18-8-7-16(23(32)33)21(28-18)27-14(2)30/h3-8,10,12H,9,11H2,1-2H3,(H,29,31)(H,32,33)(H,27,28,30)/t24-/m0/s1. The zero-order chi connectivity index (χ0) is 24.5. The van der Waals surface area contributed by atoms with Crippen LogP contribution in [0, 0.1) is 12.7 Å². The molecule has 3 heterocycles. The fraction of sp³-hybridized carbons (Fsp3) is 0.208. The van der Waals surface area contributed by atoms with E-state index in [0.717, 1.165) is 0 Å². The van der Waals surface area contributed by atoms with Crippen molar-refractivity contribution >= 4 is 23.6 Å². The number of carboxylic acids is 1. The van der Waals surface area contributed by atoms with Gasteiger partial charge in [-0.1, -0.05) is 12.1 Å². The molecule has 0 aliphatic carbocycles. The first-order valence-corrected chi connectivity index (χ1v) is 10.4. The molecule has 0 spiro atoms. The summed E-state index contributed by atoms with van der Waals surface area (Å²) in [5.74, 6) is -2.76. The highest BCUT2D eigenvalue weighted by atomic mass is 19.1. The van der Waals surface area contributed by atoms with Crippen LogP contribution >= 0.6 is 0 Å². The number of pyridine rings is 2. The molecule has 0 bridgehead atoms. The second-order valence-corrected chi connectivity index (χ2v) is 7.85. The van der Waals surface area contributed by atoms with Gasteiger partial charge in [0.2, 0.25) is 5.91 Å². The van der Waals surface area contributed by atoms with E-state index < -0.39 is 29.1 Å². The van der Waals surface area contributed by atoms with E-state index in [4.69, 9.17) is 4.74 Å². The highest BCUT2D eigenvalue weighted by molar-refractivity contribution is 6.01. The zero-order valence-corrected chi connectivity index (χ0v) is 18.4. The first-order chi connectivity index (χ1) is 16.2. The molecule has 0 radical (unpaired) electrons. The van der Waals surface area contributed by atoms with Gasteiger partial charge in [0.25, 0.3) is 5.91 Å². The summed E-state index contributed by atoms with van der Waals surface area (Å²) < 4.78 is 20.3. The number of carbonyl (C=O) groups is 3. The molecular weight excluding hydrogens is 443 g/mol. The van der Waals surface area contributed by atoms with Crippen molar-refractivity contribution in [3.63, 3.8) is 0 Å². The number of hydrogen-bond acceptors (Lipinski definition) is 6. The molecule has 0 fully saturated rings. The van der Waals surface area contributed by atoms with Crippen LogP contribution in [-0.2, 0) is 10.3 Å². The lowest BCUT2D eigenvalue weighted by Crippen LogP contribution is -2.50. The Morgan fingerprint density at radius 3 is 2.68 bits per heavy atom. The molecule has 1 aliphatic rings. The molecule has 0 unspecified atom stereocenters. The Morgan fingerprint density at radius 1 is 1.18 bits per heavy atom. The van der Waals surface area contributed by atoms with Gasteiger partial charge >= 0.3 is 5.97 Å². The van der Waals surface area contributed by atoms with Crippen molar-refractivity contribution in [2.24, 2.45) is 0 Å². The summed E-state index contributed by atoms with van der Waals surface area (Å²) in [7, 11) is 0. The van der Waals surface area contributed by atoms with Gasteiger partial charge in [-0.25, -0.2) is 14.2 Å².